The van der Waals surface area contributed by atoms with E-state index < -0.39 is 0 Å². The van der Waals surface area contributed by atoms with Crippen molar-refractivity contribution in [1.29, 1.82) is 0 Å². The summed E-state index contributed by atoms with van der Waals surface area (Å²) in [5.41, 5.74) is 6.42. The molecule has 1 aliphatic rings. The molecule has 1 aliphatic heterocycles. The van der Waals surface area contributed by atoms with Gasteiger partial charge < -0.3 is 19.5 Å². The fraction of sp³-hybridized carbons (Fsp3) is 0.241. The van der Waals surface area contributed by atoms with Crippen LogP contribution in [0.25, 0.3) is 5.69 Å². The number of aromatic nitrogens is 2. The monoisotopic (exact) mass is 516 g/mol. The third kappa shape index (κ3) is 4.59. The van der Waals surface area contributed by atoms with Crippen LogP contribution >= 0.6 is 23.8 Å². The maximum Gasteiger partial charge on any atom is 0.174 e. The number of nitrogens with one attached hydrogen (secondary N) is 1. The number of hydrogen-bond acceptors (Lipinski definition) is 3. The Labute approximate surface area is 222 Å². The first-order valence-corrected chi connectivity index (χ1v) is 12.8. The zero-order valence-electron chi connectivity index (χ0n) is 20.8. The summed E-state index contributed by atoms with van der Waals surface area (Å²) in [4.78, 5) is 6.87. The van der Waals surface area contributed by atoms with E-state index >= 15 is 0 Å². The summed E-state index contributed by atoms with van der Waals surface area (Å²) in [5.74, 6) is 0.837. The van der Waals surface area contributed by atoms with E-state index in [1.54, 1.807) is 0 Å². The second-order valence-electron chi connectivity index (χ2n) is 9.30. The Hall–Kier alpha value is -3.35. The van der Waals surface area contributed by atoms with Crippen molar-refractivity contribution < 1.29 is 4.74 Å². The van der Waals surface area contributed by atoms with Gasteiger partial charge in [-0.05, 0) is 106 Å². The summed E-state index contributed by atoms with van der Waals surface area (Å²) >= 11 is 12.2. The lowest BCUT2D eigenvalue weighted by Crippen LogP contribution is -2.29. The zero-order chi connectivity index (χ0) is 25.4. The van der Waals surface area contributed by atoms with Crippen molar-refractivity contribution in [2.45, 2.75) is 45.9 Å². The highest BCUT2D eigenvalue weighted by molar-refractivity contribution is 7.80. The first-order chi connectivity index (χ1) is 17.3. The van der Waals surface area contributed by atoms with E-state index in [-0.39, 0.29) is 18.2 Å². The molecule has 7 heteroatoms. The molecular weight excluding hydrogens is 488 g/mol. The van der Waals surface area contributed by atoms with Crippen molar-refractivity contribution in [3.05, 3.63) is 107 Å². The van der Waals surface area contributed by atoms with Crippen LogP contribution in [0, 0.1) is 13.8 Å². The molecule has 0 aliphatic carbocycles. The van der Waals surface area contributed by atoms with Crippen molar-refractivity contribution in [2.24, 2.45) is 0 Å². The molecule has 0 amide bonds. The Kier molecular flexibility index (Phi) is 6.73. The number of halogens is 1. The Morgan fingerprint density at radius 3 is 2.42 bits per heavy atom. The molecule has 2 atom stereocenters. The Balaban J connectivity index is 1.63. The number of benzene rings is 2. The molecular formula is C29H29ClN4OS. The molecule has 4 aromatic rings. The number of hydrogen-bond donors (Lipinski definition) is 1. The van der Waals surface area contributed by atoms with Crippen molar-refractivity contribution in [2.75, 3.05) is 4.90 Å². The van der Waals surface area contributed by atoms with Gasteiger partial charge in [-0.1, -0.05) is 23.7 Å². The fourth-order valence-electron chi connectivity index (χ4n) is 5.01. The number of thiocarbonyl (C=S) groups is 1. The van der Waals surface area contributed by atoms with Gasteiger partial charge in [0, 0.05) is 34.0 Å². The van der Waals surface area contributed by atoms with Gasteiger partial charge in [-0.3, -0.25) is 4.98 Å². The summed E-state index contributed by atoms with van der Waals surface area (Å²) in [5, 5.41) is 4.93. The molecule has 2 aromatic heterocycles. The van der Waals surface area contributed by atoms with Gasteiger partial charge in [0.05, 0.1) is 23.9 Å². The largest absolute Gasteiger partial charge is 0.491 e. The molecule has 1 fully saturated rings. The number of ether oxygens (including phenoxy) is 1. The topological polar surface area (TPSA) is 42.3 Å². The third-order valence-corrected chi connectivity index (χ3v) is 6.99. The van der Waals surface area contributed by atoms with Crippen LogP contribution < -0.4 is 15.0 Å². The predicted octanol–water partition coefficient (Wildman–Crippen LogP) is 7.11. The summed E-state index contributed by atoms with van der Waals surface area (Å²) in [7, 11) is 0. The fourth-order valence-corrected chi connectivity index (χ4v) is 5.54. The Morgan fingerprint density at radius 2 is 1.75 bits per heavy atom. The van der Waals surface area contributed by atoms with Crippen molar-refractivity contribution >= 4 is 34.6 Å². The van der Waals surface area contributed by atoms with Crippen molar-refractivity contribution in [3.8, 4) is 11.4 Å². The second kappa shape index (κ2) is 9.96. The first kappa shape index (κ1) is 24.3. The minimum atomic E-state index is -0.112. The van der Waals surface area contributed by atoms with E-state index in [1.165, 1.54) is 5.56 Å². The van der Waals surface area contributed by atoms with Gasteiger partial charge in [0.2, 0.25) is 0 Å². The van der Waals surface area contributed by atoms with Crippen molar-refractivity contribution in [1.82, 2.24) is 14.9 Å². The number of nitrogens with zero attached hydrogens (tertiary/aromatic N) is 3. The lowest BCUT2D eigenvalue weighted by Gasteiger charge is -2.28. The van der Waals surface area contributed by atoms with Gasteiger partial charge in [0.15, 0.2) is 5.11 Å². The smallest absolute Gasteiger partial charge is 0.174 e. The molecule has 1 saturated heterocycles. The van der Waals surface area contributed by atoms with Crippen LogP contribution in [0.5, 0.6) is 5.75 Å². The highest BCUT2D eigenvalue weighted by Crippen LogP contribution is 2.44. The standard InChI is InChI=1S/C29H29ClN4OS/c1-18(2)35-24-13-11-22(12-14-24)34-28(27(32-29(34)36)26-10-5-6-15-31-26)25-16-19(3)33(20(25)4)23-9-7-8-21(30)17-23/h5-18,27-28H,1-4H3,(H,32,36)/t27-,28+/m0/s1. The third-order valence-electron chi connectivity index (χ3n) is 6.44. The summed E-state index contributed by atoms with van der Waals surface area (Å²) in [6.45, 7) is 8.32. The Bertz CT molecular complexity index is 1380. The van der Waals surface area contributed by atoms with Crippen LogP contribution in [0.1, 0.15) is 48.6 Å². The quantitative estimate of drug-likeness (QED) is 0.277. The van der Waals surface area contributed by atoms with E-state index in [4.69, 9.17) is 28.6 Å². The van der Waals surface area contributed by atoms with E-state index in [9.17, 15) is 0 Å². The van der Waals surface area contributed by atoms with Crippen molar-refractivity contribution in [3.63, 3.8) is 0 Å². The molecule has 0 unspecified atom stereocenters. The highest BCUT2D eigenvalue weighted by atomic mass is 35.5. The average Bonchev–Trinajstić information content (AvgIpc) is 3.35. The van der Waals surface area contributed by atoms with Gasteiger partial charge in [-0.2, -0.15) is 0 Å². The molecule has 2 aromatic carbocycles. The molecule has 0 bridgehead atoms. The first-order valence-electron chi connectivity index (χ1n) is 12.1. The maximum atomic E-state index is 6.34. The van der Waals surface area contributed by atoms with E-state index in [2.05, 4.69) is 57.9 Å². The molecule has 0 spiro atoms. The minimum Gasteiger partial charge on any atom is -0.491 e. The van der Waals surface area contributed by atoms with Gasteiger partial charge in [0.1, 0.15) is 5.75 Å². The predicted molar refractivity (Wildman–Crippen MR) is 150 cm³/mol. The molecule has 0 saturated carbocycles. The van der Waals surface area contributed by atoms with Gasteiger partial charge in [-0.25, -0.2) is 0 Å². The zero-order valence-corrected chi connectivity index (χ0v) is 22.3. The lowest BCUT2D eigenvalue weighted by molar-refractivity contribution is 0.242. The van der Waals surface area contributed by atoms with Gasteiger partial charge >= 0.3 is 0 Å². The van der Waals surface area contributed by atoms with Crippen LogP contribution in [0.4, 0.5) is 5.69 Å². The van der Waals surface area contributed by atoms with Gasteiger partial charge in [0.25, 0.3) is 0 Å². The summed E-state index contributed by atoms with van der Waals surface area (Å²) < 4.78 is 8.11. The maximum absolute atomic E-state index is 6.34. The van der Waals surface area contributed by atoms with Crippen LogP contribution in [0.2, 0.25) is 5.02 Å². The molecule has 5 rings (SSSR count). The molecule has 3 heterocycles. The Morgan fingerprint density at radius 1 is 0.972 bits per heavy atom. The molecule has 36 heavy (non-hydrogen) atoms. The molecule has 184 valence electrons. The SMILES string of the molecule is Cc1cc([C@@H]2[C@H](c3ccccn3)NC(=S)N2c2ccc(OC(C)C)cc2)c(C)n1-c1cccc(Cl)c1. The van der Waals surface area contributed by atoms with Gasteiger partial charge in [-0.15, -0.1) is 0 Å². The lowest BCUT2D eigenvalue weighted by atomic mass is 9.96. The van der Waals surface area contributed by atoms with Crippen LogP contribution in [0.15, 0.2) is 79.0 Å². The number of pyridine rings is 1. The van der Waals surface area contributed by atoms with E-state index in [0.29, 0.717) is 10.1 Å². The normalized spacial score (nSPS) is 17.5. The van der Waals surface area contributed by atoms with E-state index in [0.717, 1.165) is 34.2 Å². The highest BCUT2D eigenvalue weighted by Gasteiger charge is 2.42. The molecule has 1 N–H and O–H groups in total. The molecule has 0 radical (unpaired) electrons. The average molecular weight is 517 g/mol. The minimum absolute atomic E-state index is 0.0941. The second-order valence-corrected chi connectivity index (χ2v) is 10.1. The summed E-state index contributed by atoms with van der Waals surface area (Å²) in [6, 6.07) is 24.1. The number of anilines is 1. The van der Waals surface area contributed by atoms with Crippen LogP contribution in [0.3, 0.4) is 0 Å². The number of aryl methyl sites for hydroxylation is 1. The molecule has 5 nitrogen and oxygen atoms in total. The van der Waals surface area contributed by atoms with Crippen LogP contribution in [-0.2, 0) is 0 Å². The summed E-state index contributed by atoms with van der Waals surface area (Å²) in [6.07, 6.45) is 1.94. The van der Waals surface area contributed by atoms with E-state index in [1.807, 2.05) is 68.6 Å². The van der Waals surface area contributed by atoms with Crippen LogP contribution in [-0.4, -0.2) is 20.8 Å². The number of rotatable bonds is 6.